The second-order valence-corrected chi connectivity index (χ2v) is 5.31. The Morgan fingerprint density at radius 1 is 1.30 bits per heavy atom. The first-order valence-electron chi connectivity index (χ1n) is 7.39. The monoisotopic (exact) mass is 285 g/mol. The number of carbonyl (C=O) groups is 2. The van der Waals surface area contributed by atoms with Gasteiger partial charge in [-0.3, -0.25) is 4.79 Å². The Kier molecular flexibility index (Phi) is 7.36. The largest absolute Gasteiger partial charge is 0.450 e. The van der Waals surface area contributed by atoms with Gasteiger partial charge in [-0.2, -0.15) is 0 Å². The molecule has 0 bridgehead atoms. The smallest absolute Gasteiger partial charge is 0.409 e. The third-order valence-corrected chi connectivity index (χ3v) is 3.52. The lowest BCUT2D eigenvalue weighted by Gasteiger charge is -2.31. The fourth-order valence-electron chi connectivity index (χ4n) is 2.25. The summed E-state index contributed by atoms with van der Waals surface area (Å²) < 4.78 is 4.99. The normalized spacial score (nSPS) is 16.1. The molecule has 1 fully saturated rings. The fraction of sp³-hybridized carbons (Fsp3) is 0.857. The maximum absolute atomic E-state index is 11.5. The Morgan fingerprint density at radius 3 is 2.50 bits per heavy atom. The summed E-state index contributed by atoms with van der Waals surface area (Å²) in [4.78, 5) is 26.3. The van der Waals surface area contributed by atoms with Crippen LogP contribution >= 0.6 is 0 Å². The SMILES string of the molecule is CCOC(=O)N1CCC(NCCCC(=O)N(C)C)CC1. The molecule has 0 saturated carbocycles. The number of nitrogens with one attached hydrogen (secondary N) is 1. The van der Waals surface area contributed by atoms with Crippen LogP contribution in [-0.4, -0.2) is 68.2 Å². The van der Waals surface area contributed by atoms with Crippen LogP contribution in [0.15, 0.2) is 0 Å². The van der Waals surface area contributed by atoms with Crippen molar-refractivity contribution >= 4 is 12.0 Å². The van der Waals surface area contributed by atoms with Crippen LogP contribution in [0.4, 0.5) is 4.79 Å². The third kappa shape index (κ3) is 5.77. The maximum atomic E-state index is 11.5. The molecule has 1 N–H and O–H groups in total. The first kappa shape index (κ1) is 16.8. The summed E-state index contributed by atoms with van der Waals surface area (Å²) in [6, 6.07) is 0.440. The highest BCUT2D eigenvalue weighted by Gasteiger charge is 2.22. The second-order valence-electron chi connectivity index (χ2n) is 5.31. The molecule has 6 heteroatoms. The molecule has 0 atom stereocenters. The molecule has 0 spiro atoms. The van der Waals surface area contributed by atoms with Gasteiger partial charge < -0.3 is 19.9 Å². The molecule has 1 aliphatic heterocycles. The molecule has 1 rings (SSSR count). The van der Waals surface area contributed by atoms with E-state index in [0.29, 0.717) is 19.1 Å². The first-order valence-corrected chi connectivity index (χ1v) is 7.39. The van der Waals surface area contributed by atoms with E-state index in [1.165, 1.54) is 0 Å². The lowest BCUT2D eigenvalue weighted by Crippen LogP contribution is -2.45. The van der Waals surface area contributed by atoms with Crippen LogP contribution in [0, 0.1) is 0 Å². The van der Waals surface area contributed by atoms with Gasteiger partial charge in [-0.15, -0.1) is 0 Å². The van der Waals surface area contributed by atoms with Crippen LogP contribution in [0.3, 0.4) is 0 Å². The van der Waals surface area contributed by atoms with E-state index < -0.39 is 0 Å². The van der Waals surface area contributed by atoms with E-state index in [-0.39, 0.29) is 12.0 Å². The van der Waals surface area contributed by atoms with E-state index in [1.54, 1.807) is 23.9 Å². The van der Waals surface area contributed by atoms with Crippen molar-refractivity contribution in [3.05, 3.63) is 0 Å². The Morgan fingerprint density at radius 2 is 1.95 bits per heavy atom. The van der Waals surface area contributed by atoms with Crippen LogP contribution in [0.2, 0.25) is 0 Å². The molecule has 0 aromatic carbocycles. The second kappa shape index (κ2) is 8.79. The van der Waals surface area contributed by atoms with E-state index in [4.69, 9.17) is 4.74 Å². The molecule has 0 aliphatic carbocycles. The minimum atomic E-state index is -0.206. The summed E-state index contributed by atoms with van der Waals surface area (Å²) in [7, 11) is 3.56. The number of piperidine rings is 1. The standard InChI is InChI=1S/C14H27N3O3/c1-4-20-14(19)17-10-7-12(8-11-17)15-9-5-6-13(18)16(2)3/h12,15H,4-11H2,1-3H3. The van der Waals surface area contributed by atoms with Gasteiger partial charge in [0.1, 0.15) is 0 Å². The van der Waals surface area contributed by atoms with Crippen molar-refractivity contribution in [2.75, 3.05) is 40.3 Å². The van der Waals surface area contributed by atoms with Crippen molar-refractivity contribution in [3.63, 3.8) is 0 Å². The van der Waals surface area contributed by atoms with E-state index in [1.807, 2.05) is 6.92 Å². The highest BCUT2D eigenvalue weighted by Crippen LogP contribution is 2.11. The molecular weight excluding hydrogens is 258 g/mol. The summed E-state index contributed by atoms with van der Waals surface area (Å²) >= 11 is 0. The van der Waals surface area contributed by atoms with Gasteiger partial charge >= 0.3 is 6.09 Å². The average Bonchev–Trinajstić information content (AvgIpc) is 2.44. The minimum Gasteiger partial charge on any atom is -0.450 e. The first-order chi connectivity index (χ1) is 9.54. The predicted octanol–water partition coefficient (Wildman–Crippen LogP) is 1.07. The molecule has 0 radical (unpaired) electrons. The molecular formula is C14H27N3O3. The minimum absolute atomic E-state index is 0.170. The summed E-state index contributed by atoms with van der Waals surface area (Å²) in [5.74, 6) is 0.170. The van der Waals surface area contributed by atoms with Gasteiger partial charge in [0, 0.05) is 39.6 Å². The number of ether oxygens (including phenoxy) is 1. The van der Waals surface area contributed by atoms with Crippen LogP contribution in [0.1, 0.15) is 32.6 Å². The summed E-state index contributed by atoms with van der Waals surface area (Å²) in [6.45, 7) is 4.59. The van der Waals surface area contributed by atoms with Gasteiger partial charge in [-0.1, -0.05) is 0 Å². The Hall–Kier alpha value is -1.30. The van der Waals surface area contributed by atoms with Crippen molar-refractivity contribution in [2.45, 2.75) is 38.6 Å². The van der Waals surface area contributed by atoms with Crippen molar-refractivity contribution in [1.82, 2.24) is 15.1 Å². The topological polar surface area (TPSA) is 61.9 Å². The number of hydrogen-bond donors (Lipinski definition) is 1. The number of hydrogen-bond acceptors (Lipinski definition) is 4. The number of likely N-dealkylation sites (tertiary alicyclic amines) is 1. The zero-order valence-corrected chi connectivity index (χ0v) is 12.9. The zero-order valence-electron chi connectivity index (χ0n) is 12.9. The van der Waals surface area contributed by atoms with Crippen molar-refractivity contribution in [3.8, 4) is 0 Å². The maximum Gasteiger partial charge on any atom is 0.409 e. The van der Waals surface area contributed by atoms with E-state index in [9.17, 15) is 9.59 Å². The third-order valence-electron chi connectivity index (χ3n) is 3.52. The molecule has 0 unspecified atom stereocenters. The Bertz CT molecular complexity index is 313. The number of nitrogens with zero attached hydrogens (tertiary/aromatic N) is 2. The van der Waals surface area contributed by atoms with E-state index in [0.717, 1.165) is 38.9 Å². The van der Waals surface area contributed by atoms with E-state index >= 15 is 0 Å². The Labute approximate surface area is 121 Å². The lowest BCUT2D eigenvalue weighted by atomic mass is 10.1. The lowest BCUT2D eigenvalue weighted by molar-refractivity contribution is -0.128. The van der Waals surface area contributed by atoms with Crippen LogP contribution < -0.4 is 5.32 Å². The van der Waals surface area contributed by atoms with Crippen LogP contribution in [0.25, 0.3) is 0 Å². The summed E-state index contributed by atoms with van der Waals surface area (Å²) in [5.41, 5.74) is 0. The number of carbonyl (C=O) groups excluding carboxylic acids is 2. The molecule has 116 valence electrons. The molecule has 20 heavy (non-hydrogen) atoms. The van der Waals surface area contributed by atoms with Gasteiger partial charge in [0.05, 0.1) is 6.61 Å². The van der Waals surface area contributed by atoms with Crippen molar-refractivity contribution in [1.29, 1.82) is 0 Å². The Balaban J connectivity index is 2.11. The van der Waals surface area contributed by atoms with Crippen LogP contribution in [-0.2, 0) is 9.53 Å². The molecule has 1 heterocycles. The number of rotatable bonds is 6. The van der Waals surface area contributed by atoms with Crippen molar-refractivity contribution < 1.29 is 14.3 Å². The summed E-state index contributed by atoms with van der Waals surface area (Å²) in [5, 5.41) is 3.46. The van der Waals surface area contributed by atoms with Gasteiger partial charge in [-0.05, 0) is 32.7 Å². The highest BCUT2D eigenvalue weighted by atomic mass is 16.6. The molecule has 1 saturated heterocycles. The van der Waals surface area contributed by atoms with Gasteiger partial charge in [0.25, 0.3) is 0 Å². The van der Waals surface area contributed by atoms with E-state index in [2.05, 4.69) is 5.32 Å². The van der Waals surface area contributed by atoms with Crippen LogP contribution in [0.5, 0.6) is 0 Å². The van der Waals surface area contributed by atoms with Gasteiger partial charge in [0.2, 0.25) is 5.91 Å². The molecule has 0 aromatic rings. The molecule has 1 aliphatic rings. The van der Waals surface area contributed by atoms with Gasteiger partial charge in [-0.25, -0.2) is 4.79 Å². The molecule has 6 nitrogen and oxygen atoms in total. The summed E-state index contributed by atoms with van der Waals surface area (Å²) in [6.07, 6.45) is 3.13. The van der Waals surface area contributed by atoms with Crippen molar-refractivity contribution in [2.24, 2.45) is 0 Å². The molecule has 2 amide bonds. The quantitative estimate of drug-likeness (QED) is 0.741. The fourth-order valence-corrected chi connectivity index (χ4v) is 2.25. The zero-order chi connectivity index (χ0) is 15.0. The highest BCUT2D eigenvalue weighted by molar-refractivity contribution is 5.75. The average molecular weight is 285 g/mol. The molecule has 0 aromatic heterocycles. The van der Waals surface area contributed by atoms with Gasteiger partial charge in [0.15, 0.2) is 0 Å². The predicted molar refractivity (Wildman–Crippen MR) is 77.5 cm³/mol. The number of amides is 2.